The van der Waals surface area contributed by atoms with Crippen molar-refractivity contribution in [3.8, 4) is 0 Å². The second-order valence-corrected chi connectivity index (χ2v) is 2.17. The van der Waals surface area contributed by atoms with Gasteiger partial charge in [-0.05, 0) is 5.21 Å². The van der Waals surface area contributed by atoms with Crippen LogP contribution in [0, 0.1) is 0 Å². The van der Waals surface area contributed by atoms with Gasteiger partial charge in [-0.25, -0.2) is 0 Å². The average molecular weight is 185 g/mol. The molecule has 0 aromatic carbocycles. The van der Waals surface area contributed by atoms with Crippen LogP contribution in [0.25, 0.3) is 0 Å². The molecule has 0 aliphatic rings. The molecule has 0 unspecified atom stereocenters. The van der Waals surface area contributed by atoms with Crippen molar-refractivity contribution in [1.82, 2.24) is 26.1 Å². The van der Waals surface area contributed by atoms with E-state index in [1.54, 1.807) is 6.08 Å². The fourth-order valence-corrected chi connectivity index (χ4v) is 0.615. The van der Waals surface area contributed by atoms with Crippen molar-refractivity contribution in [1.29, 1.82) is 0 Å². The van der Waals surface area contributed by atoms with Gasteiger partial charge in [0.25, 0.3) is 0 Å². The van der Waals surface area contributed by atoms with E-state index < -0.39 is 0 Å². The molecule has 0 atom stereocenters. The highest BCUT2D eigenvalue weighted by Gasteiger charge is 2.04. The Labute approximate surface area is 74.0 Å². The van der Waals surface area contributed by atoms with Crippen LogP contribution in [0.15, 0.2) is 12.7 Å². The summed E-state index contributed by atoms with van der Waals surface area (Å²) in [5.74, 6) is 0.300. The topological polar surface area (TPSA) is 75.7 Å². The Morgan fingerprint density at radius 1 is 1.83 bits per heavy atom. The number of hydrogen-bond acceptors (Lipinski definition) is 5. The van der Waals surface area contributed by atoms with Crippen molar-refractivity contribution in [3.63, 3.8) is 0 Å². The maximum Gasteiger partial charge on any atom is 0.233 e. The zero-order valence-corrected chi connectivity index (χ0v) is 6.97. The number of hydroxylamine groups is 1. The minimum atomic E-state index is 0.283. The number of rotatable bonds is 4. The Hall–Kier alpha value is -1.34. The third kappa shape index (κ3) is 2.36. The lowest BCUT2D eigenvalue weighted by atomic mass is 10.6. The molecule has 0 radical (unpaired) electrons. The Balaban J connectivity index is 2.34. The summed E-state index contributed by atoms with van der Waals surface area (Å²) in [6.45, 7) is 3.82. The van der Waals surface area contributed by atoms with E-state index in [1.807, 2.05) is 0 Å². The normalized spacial score (nSPS) is 9.33. The Morgan fingerprint density at radius 2 is 2.67 bits per heavy atom. The quantitative estimate of drug-likeness (QED) is 0.287. The lowest BCUT2D eigenvalue weighted by Gasteiger charge is -2.01. The smallest absolute Gasteiger partial charge is 0.233 e. The zero-order valence-electron chi connectivity index (χ0n) is 6.15. The summed E-state index contributed by atoms with van der Waals surface area (Å²) < 4.78 is 0. The van der Waals surface area contributed by atoms with E-state index in [9.17, 15) is 0 Å². The van der Waals surface area contributed by atoms with Crippen LogP contribution in [0.3, 0.4) is 0 Å². The molecule has 1 heterocycles. The number of hydrogen-bond donors (Lipinski definition) is 2. The van der Waals surface area contributed by atoms with Crippen LogP contribution in [0.1, 0.15) is 5.82 Å². The van der Waals surface area contributed by atoms with Crippen LogP contribution in [-0.4, -0.2) is 32.2 Å². The molecular formula is C5H7N5OS. The van der Waals surface area contributed by atoms with Gasteiger partial charge in [-0.3, -0.25) is 10.3 Å². The van der Waals surface area contributed by atoms with Crippen molar-refractivity contribution in [2.75, 3.05) is 6.61 Å². The first-order chi connectivity index (χ1) is 5.84. The molecule has 1 aromatic heterocycles. The Kier molecular flexibility index (Phi) is 3.30. The molecule has 0 amide bonds. The number of aromatic amines is 1. The predicted molar refractivity (Wildman–Crippen MR) is 45.2 cm³/mol. The first kappa shape index (κ1) is 8.75. The van der Waals surface area contributed by atoms with Gasteiger partial charge >= 0.3 is 0 Å². The molecule has 0 saturated heterocycles. The molecule has 2 N–H and O–H groups in total. The van der Waals surface area contributed by atoms with Gasteiger partial charge in [-0.2, -0.15) is 5.21 Å². The second kappa shape index (κ2) is 4.52. The highest BCUT2D eigenvalue weighted by Crippen LogP contribution is 1.85. The van der Waals surface area contributed by atoms with Crippen LogP contribution in [-0.2, 0) is 4.84 Å². The number of nitrogens with zero attached hydrogens (tertiary/aromatic N) is 3. The second-order valence-electron chi connectivity index (χ2n) is 1.77. The van der Waals surface area contributed by atoms with Gasteiger partial charge in [0.05, 0.1) is 6.61 Å². The van der Waals surface area contributed by atoms with E-state index in [0.717, 1.165) is 0 Å². The lowest BCUT2D eigenvalue weighted by molar-refractivity contribution is 0.112. The van der Waals surface area contributed by atoms with Crippen LogP contribution in [0.2, 0.25) is 0 Å². The molecule has 64 valence electrons. The summed E-state index contributed by atoms with van der Waals surface area (Å²) in [7, 11) is 0. The Bertz CT molecular complexity index is 259. The number of H-pyrrole nitrogens is 1. The minimum absolute atomic E-state index is 0.283. The number of tetrazole rings is 1. The average Bonchev–Trinajstić information content (AvgIpc) is 2.56. The largest absolute Gasteiger partial charge is 0.271 e. The first-order valence-electron chi connectivity index (χ1n) is 3.11. The van der Waals surface area contributed by atoms with Crippen LogP contribution < -0.4 is 5.48 Å². The molecule has 0 aliphatic heterocycles. The molecule has 1 rings (SSSR count). The van der Waals surface area contributed by atoms with Gasteiger partial charge in [0.1, 0.15) is 0 Å². The highest BCUT2D eigenvalue weighted by atomic mass is 32.1. The van der Waals surface area contributed by atoms with Crippen LogP contribution in [0.5, 0.6) is 0 Å². The lowest BCUT2D eigenvalue weighted by Crippen LogP contribution is -2.23. The van der Waals surface area contributed by atoms with Gasteiger partial charge in [0.2, 0.25) is 5.82 Å². The fraction of sp³-hybridized carbons (Fsp3) is 0.200. The zero-order chi connectivity index (χ0) is 8.81. The summed E-state index contributed by atoms with van der Waals surface area (Å²) in [5, 5.41) is 12.9. The van der Waals surface area contributed by atoms with E-state index in [4.69, 9.17) is 17.1 Å². The number of thiocarbonyl (C=S) groups is 1. The van der Waals surface area contributed by atoms with E-state index >= 15 is 0 Å². The maximum absolute atomic E-state index is 4.84. The Morgan fingerprint density at radius 3 is 3.25 bits per heavy atom. The molecule has 7 heteroatoms. The van der Waals surface area contributed by atoms with Gasteiger partial charge in [-0.1, -0.05) is 18.3 Å². The summed E-state index contributed by atoms with van der Waals surface area (Å²) in [4.78, 5) is 5.12. The van der Waals surface area contributed by atoms with Crippen LogP contribution >= 0.6 is 12.2 Å². The van der Waals surface area contributed by atoms with Gasteiger partial charge in [0.15, 0.2) is 4.99 Å². The fourth-order valence-electron chi connectivity index (χ4n) is 0.470. The molecule has 0 fully saturated rings. The van der Waals surface area contributed by atoms with Gasteiger partial charge in [0, 0.05) is 0 Å². The molecule has 1 aromatic rings. The maximum atomic E-state index is 4.84. The molecule has 0 saturated carbocycles. The van der Waals surface area contributed by atoms with Crippen molar-refractivity contribution in [2.45, 2.75) is 0 Å². The van der Waals surface area contributed by atoms with Gasteiger partial charge < -0.3 is 0 Å². The van der Waals surface area contributed by atoms with E-state index in [2.05, 4.69) is 32.7 Å². The first-order valence-corrected chi connectivity index (χ1v) is 3.52. The third-order valence-corrected chi connectivity index (χ3v) is 1.18. The highest BCUT2D eigenvalue weighted by molar-refractivity contribution is 7.80. The third-order valence-electron chi connectivity index (χ3n) is 0.914. The predicted octanol–water partition coefficient (Wildman–Crippen LogP) is -0.418. The number of nitrogens with one attached hydrogen (secondary N) is 2. The van der Waals surface area contributed by atoms with Crippen molar-refractivity contribution in [3.05, 3.63) is 18.5 Å². The number of aromatic nitrogens is 4. The minimum Gasteiger partial charge on any atom is -0.271 e. The van der Waals surface area contributed by atoms with Crippen molar-refractivity contribution >= 4 is 17.2 Å². The SMILES string of the molecule is C=CCONC(=S)c1nn[nH]n1. The molecule has 0 aliphatic carbocycles. The molecular weight excluding hydrogens is 178 g/mol. The van der Waals surface area contributed by atoms with Crippen LogP contribution in [0.4, 0.5) is 0 Å². The molecule has 12 heavy (non-hydrogen) atoms. The standard InChI is InChI=1S/C5H7N5OS/c1-2-3-11-8-5(12)4-6-9-10-7-4/h2H,1,3H2,(H,8,12)(H,6,7,9,10). The van der Waals surface area contributed by atoms with Crippen molar-refractivity contribution in [2.24, 2.45) is 0 Å². The molecule has 0 bridgehead atoms. The summed E-state index contributed by atoms with van der Waals surface area (Å²) in [5.41, 5.74) is 2.46. The molecule has 0 spiro atoms. The monoisotopic (exact) mass is 185 g/mol. The molecule has 6 nitrogen and oxygen atoms in total. The van der Waals surface area contributed by atoms with E-state index in [1.165, 1.54) is 0 Å². The summed E-state index contributed by atoms with van der Waals surface area (Å²) in [6, 6.07) is 0. The van der Waals surface area contributed by atoms with Gasteiger partial charge in [-0.15, -0.1) is 16.8 Å². The van der Waals surface area contributed by atoms with Crippen molar-refractivity contribution < 1.29 is 4.84 Å². The summed E-state index contributed by atoms with van der Waals surface area (Å²) in [6.07, 6.45) is 1.59. The van der Waals surface area contributed by atoms with E-state index in [-0.39, 0.29) is 4.99 Å². The summed E-state index contributed by atoms with van der Waals surface area (Å²) >= 11 is 4.83. The van der Waals surface area contributed by atoms with E-state index in [0.29, 0.717) is 12.4 Å².